The van der Waals surface area contributed by atoms with E-state index in [4.69, 9.17) is 10.1 Å². The van der Waals surface area contributed by atoms with Crippen LogP contribution in [0, 0.1) is 11.3 Å². The van der Waals surface area contributed by atoms with Crippen LogP contribution >= 0.6 is 0 Å². The average molecular weight is 141 g/mol. The number of hydrogen-bond acceptors (Lipinski definition) is 2. The molecule has 1 aliphatic rings. The van der Waals surface area contributed by atoms with Gasteiger partial charge < -0.3 is 4.74 Å². The van der Waals surface area contributed by atoms with Gasteiger partial charge in [-0.2, -0.15) is 0 Å². The maximum absolute atomic E-state index is 7.46. The van der Waals surface area contributed by atoms with Gasteiger partial charge in [-0.1, -0.05) is 6.92 Å². The van der Waals surface area contributed by atoms with E-state index >= 15 is 0 Å². The summed E-state index contributed by atoms with van der Waals surface area (Å²) < 4.78 is 5.19. The third-order valence-corrected chi connectivity index (χ3v) is 2.07. The number of nitrogens with one attached hydrogen (secondary N) is 1. The van der Waals surface area contributed by atoms with Crippen molar-refractivity contribution in [3.8, 4) is 0 Å². The van der Waals surface area contributed by atoms with Crippen molar-refractivity contribution in [3.63, 3.8) is 0 Å². The molecular formula is C8H15NO. The quantitative estimate of drug-likeness (QED) is 0.596. The van der Waals surface area contributed by atoms with Crippen LogP contribution in [0.2, 0.25) is 0 Å². The van der Waals surface area contributed by atoms with E-state index in [1.807, 2.05) is 0 Å². The van der Waals surface area contributed by atoms with E-state index in [0.29, 0.717) is 11.8 Å². The van der Waals surface area contributed by atoms with E-state index in [2.05, 4.69) is 6.92 Å². The van der Waals surface area contributed by atoms with Gasteiger partial charge in [-0.15, -0.1) is 0 Å². The lowest BCUT2D eigenvalue weighted by molar-refractivity contribution is 0.290. The van der Waals surface area contributed by atoms with Gasteiger partial charge in [-0.3, -0.25) is 5.41 Å². The van der Waals surface area contributed by atoms with E-state index < -0.39 is 0 Å². The predicted octanol–water partition coefficient (Wildman–Crippen LogP) is 2.19. The summed E-state index contributed by atoms with van der Waals surface area (Å²) in [5, 5.41) is 7.46. The summed E-state index contributed by atoms with van der Waals surface area (Å²) in [5.41, 5.74) is 0. The summed E-state index contributed by atoms with van der Waals surface area (Å²) in [6, 6.07) is 0. The highest BCUT2D eigenvalue weighted by Crippen LogP contribution is 2.18. The minimum atomic E-state index is 0.405. The van der Waals surface area contributed by atoms with E-state index in [9.17, 15) is 0 Å². The molecule has 1 fully saturated rings. The molecule has 0 amide bonds. The topological polar surface area (TPSA) is 33.1 Å². The van der Waals surface area contributed by atoms with Gasteiger partial charge in [0.15, 0.2) is 5.90 Å². The Labute approximate surface area is 62.1 Å². The highest BCUT2D eigenvalue weighted by molar-refractivity contribution is 5.75. The van der Waals surface area contributed by atoms with Crippen molar-refractivity contribution in [2.75, 3.05) is 6.61 Å². The molecule has 0 radical (unpaired) electrons. The summed E-state index contributed by atoms with van der Waals surface area (Å²) in [6.45, 7) is 2.88. The van der Waals surface area contributed by atoms with E-state index in [1.165, 1.54) is 6.42 Å². The molecule has 0 aromatic heterocycles. The highest BCUT2D eigenvalue weighted by atomic mass is 16.5. The Morgan fingerprint density at radius 2 is 2.40 bits per heavy atom. The largest absolute Gasteiger partial charge is 0.481 e. The normalized spacial score (nSPS) is 27.3. The summed E-state index contributed by atoms with van der Waals surface area (Å²) in [4.78, 5) is 0. The zero-order valence-corrected chi connectivity index (χ0v) is 6.52. The first kappa shape index (κ1) is 7.58. The standard InChI is InChI=1S/C8H15NO/c1-2-7-5-3-4-6-10-8(7)9/h7,9H,2-6H2,1H3. The molecule has 0 spiro atoms. The van der Waals surface area contributed by atoms with Gasteiger partial charge in [-0.05, 0) is 25.7 Å². The second-order valence-corrected chi connectivity index (χ2v) is 2.81. The Morgan fingerprint density at radius 3 is 3.10 bits per heavy atom. The van der Waals surface area contributed by atoms with E-state index in [1.54, 1.807) is 0 Å². The van der Waals surface area contributed by atoms with Crippen LogP contribution in [-0.2, 0) is 4.74 Å². The Bertz CT molecular complexity index is 122. The minimum absolute atomic E-state index is 0.405. The lowest BCUT2D eigenvalue weighted by atomic mass is 10.0. The van der Waals surface area contributed by atoms with Gasteiger partial charge in [0.2, 0.25) is 0 Å². The molecule has 2 nitrogen and oxygen atoms in total. The molecule has 0 bridgehead atoms. The SMILES string of the molecule is CCC1CCCCOC1=N. The first-order valence-electron chi connectivity index (χ1n) is 4.06. The fraction of sp³-hybridized carbons (Fsp3) is 0.875. The van der Waals surface area contributed by atoms with Crippen LogP contribution in [0.25, 0.3) is 0 Å². The maximum atomic E-state index is 7.46. The molecule has 1 aliphatic heterocycles. The number of hydrogen-bond donors (Lipinski definition) is 1. The molecular weight excluding hydrogens is 126 g/mol. The van der Waals surface area contributed by atoms with Gasteiger partial charge in [0, 0.05) is 5.92 Å². The zero-order valence-electron chi connectivity index (χ0n) is 6.52. The van der Waals surface area contributed by atoms with Gasteiger partial charge in [-0.25, -0.2) is 0 Å². The fourth-order valence-electron chi connectivity index (χ4n) is 1.31. The van der Waals surface area contributed by atoms with Crippen molar-refractivity contribution < 1.29 is 4.74 Å². The minimum Gasteiger partial charge on any atom is -0.481 e. The van der Waals surface area contributed by atoms with Crippen LogP contribution in [0.3, 0.4) is 0 Å². The number of ether oxygens (including phenoxy) is 1. The Balaban J connectivity index is 2.43. The second kappa shape index (κ2) is 3.59. The Kier molecular flexibility index (Phi) is 2.72. The number of rotatable bonds is 1. The Morgan fingerprint density at radius 1 is 1.60 bits per heavy atom. The van der Waals surface area contributed by atoms with Gasteiger partial charge in [0.05, 0.1) is 6.61 Å². The smallest absolute Gasteiger partial charge is 0.183 e. The summed E-state index contributed by atoms with van der Waals surface area (Å²) >= 11 is 0. The summed E-state index contributed by atoms with van der Waals surface area (Å²) in [6.07, 6.45) is 4.55. The molecule has 0 saturated carbocycles. The molecule has 1 heterocycles. The molecule has 0 aliphatic carbocycles. The zero-order chi connectivity index (χ0) is 7.40. The first-order chi connectivity index (χ1) is 4.84. The monoisotopic (exact) mass is 141 g/mol. The highest BCUT2D eigenvalue weighted by Gasteiger charge is 2.16. The predicted molar refractivity (Wildman–Crippen MR) is 41.3 cm³/mol. The molecule has 1 N–H and O–H groups in total. The maximum Gasteiger partial charge on any atom is 0.183 e. The molecule has 1 unspecified atom stereocenters. The lowest BCUT2D eigenvalue weighted by Crippen LogP contribution is -2.13. The summed E-state index contributed by atoms with van der Waals surface area (Å²) in [5.74, 6) is 0.919. The van der Waals surface area contributed by atoms with Crippen LogP contribution < -0.4 is 0 Å². The summed E-state index contributed by atoms with van der Waals surface area (Å²) in [7, 11) is 0. The van der Waals surface area contributed by atoms with Gasteiger partial charge >= 0.3 is 0 Å². The van der Waals surface area contributed by atoms with Crippen LogP contribution in [0.4, 0.5) is 0 Å². The van der Waals surface area contributed by atoms with Crippen LogP contribution in [0.5, 0.6) is 0 Å². The fourth-order valence-corrected chi connectivity index (χ4v) is 1.31. The van der Waals surface area contributed by atoms with Crippen LogP contribution in [0.1, 0.15) is 32.6 Å². The molecule has 1 saturated heterocycles. The lowest BCUT2D eigenvalue weighted by Gasteiger charge is -2.10. The van der Waals surface area contributed by atoms with Crippen molar-refractivity contribution in [1.29, 1.82) is 5.41 Å². The molecule has 0 aromatic rings. The molecule has 1 atom stereocenters. The van der Waals surface area contributed by atoms with Crippen LogP contribution in [0.15, 0.2) is 0 Å². The van der Waals surface area contributed by atoms with Crippen molar-refractivity contribution >= 4 is 5.90 Å². The molecule has 1 rings (SSSR count). The van der Waals surface area contributed by atoms with Crippen molar-refractivity contribution in [2.45, 2.75) is 32.6 Å². The van der Waals surface area contributed by atoms with Crippen molar-refractivity contribution in [3.05, 3.63) is 0 Å². The van der Waals surface area contributed by atoms with E-state index in [-0.39, 0.29) is 0 Å². The van der Waals surface area contributed by atoms with Crippen molar-refractivity contribution in [1.82, 2.24) is 0 Å². The van der Waals surface area contributed by atoms with Crippen molar-refractivity contribution in [2.24, 2.45) is 5.92 Å². The molecule has 0 aromatic carbocycles. The second-order valence-electron chi connectivity index (χ2n) is 2.81. The van der Waals surface area contributed by atoms with Crippen LogP contribution in [-0.4, -0.2) is 12.5 Å². The first-order valence-corrected chi connectivity index (χ1v) is 4.06. The average Bonchev–Trinajstić information content (AvgIpc) is 2.13. The third kappa shape index (κ3) is 1.72. The molecule has 10 heavy (non-hydrogen) atoms. The molecule has 2 heteroatoms. The van der Waals surface area contributed by atoms with E-state index in [0.717, 1.165) is 25.9 Å². The van der Waals surface area contributed by atoms with Gasteiger partial charge in [0.1, 0.15) is 0 Å². The van der Waals surface area contributed by atoms with Gasteiger partial charge in [0.25, 0.3) is 0 Å². The Hall–Kier alpha value is -0.530. The third-order valence-electron chi connectivity index (χ3n) is 2.07. The molecule has 58 valence electrons.